The molecule has 1 N–H and O–H groups in total. The van der Waals surface area contributed by atoms with E-state index in [0.29, 0.717) is 10.7 Å². The molecule has 18 heavy (non-hydrogen) atoms. The fourth-order valence-corrected chi connectivity index (χ4v) is 1.49. The number of rotatable bonds is 2. The molecule has 0 bridgehead atoms. The largest absolute Gasteiger partial charge is 0.443 e. The third-order valence-corrected chi connectivity index (χ3v) is 2.25. The summed E-state index contributed by atoms with van der Waals surface area (Å²) in [5, 5.41) is 1.63. The van der Waals surface area contributed by atoms with E-state index in [-0.39, 0.29) is 0 Å². The van der Waals surface area contributed by atoms with Gasteiger partial charge in [-0.15, -0.1) is 0 Å². The van der Waals surface area contributed by atoms with Crippen LogP contribution < -0.4 is 10.4 Å². The number of carbonyl (C=O) groups excluding carboxylic acids is 1. The summed E-state index contributed by atoms with van der Waals surface area (Å²) in [5.74, 6) is -0.438. The SMILES string of the molecule is CN(NC(=O)OC(C)(C)C)c1cc(F)ccc1Cl. The summed E-state index contributed by atoms with van der Waals surface area (Å²) in [6, 6.07) is 3.88. The summed E-state index contributed by atoms with van der Waals surface area (Å²) in [6.45, 7) is 5.26. The highest BCUT2D eigenvalue weighted by molar-refractivity contribution is 6.33. The van der Waals surface area contributed by atoms with E-state index >= 15 is 0 Å². The maximum Gasteiger partial charge on any atom is 0.426 e. The Labute approximate surface area is 111 Å². The van der Waals surface area contributed by atoms with E-state index in [2.05, 4.69) is 5.43 Å². The molecule has 6 heteroatoms. The predicted octanol–water partition coefficient (Wildman–Crippen LogP) is 3.36. The number of carbonyl (C=O) groups is 1. The zero-order valence-electron chi connectivity index (χ0n) is 10.8. The molecular weight excluding hydrogens is 259 g/mol. The van der Waals surface area contributed by atoms with Gasteiger partial charge in [-0.2, -0.15) is 0 Å². The lowest BCUT2D eigenvalue weighted by molar-refractivity contribution is 0.0524. The first-order valence-corrected chi connectivity index (χ1v) is 5.75. The van der Waals surface area contributed by atoms with Crippen molar-refractivity contribution >= 4 is 23.4 Å². The molecule has 0 spiro atoms. The van der Waals surface area contributed by atoms with Crippen molar-refractivity contribution in [2.45, 2.75) is 26.4 Å². The Bertz CT molecular complexity index is 446. The van der Waals surface area contributed by atoms with E-state index < -0.39 is 17.5 Å². The average Bonchev–Trinajstić information content (AvgIpc) is 2.18. The number of hydrazine groups is 1. The van der Waals surface area contributed by atoms with Crippen LogP contribution in [-0.4, -0.2) is 18.7 Å². The van der Waals surface area contributed by atoms with Crippen molar-refractivity contribution in [2.24, 2.45) is 0 Å². The molecule has 0 saturated heterocycles. The van der Waals surface area contributed by atoms with Crippen molar-refractivity contribution in [3.8, 4) is 0 Å². The number of benzene rings is 1. The number of nitrogens with zero attached hydrogens (tertiary/aromatic N) is 1. The highest BCUT2D eigenvalue weighted by Crippen LogP contribution is 2.24. The maximum absolute atomic E-state index is 13.1. The lowest BCUT2D eigenvalue weighted by Crippen LogP contribution is -2.42. The number of amides is 1. The van der Waals surface area contributed by atoms with Crippen molar-refractivity contribution in [3.63, 3.8) is 0 Å². The van der Waals surface area contributed by atoms with Gasteiger partial charge in [0.25, 0.3) is 0 Å². The molecule has 0 aliphatic heterocycles. The zero-order chi connectivity index (χ0) is 13.9. The number of ether oxygens (including phenoxy) is 1. The summed E-state index contributed by atoms with van der Waals surface area (Å²) < 4.78 is 18.2. The molecule has 0 radical (unpaired) electrons. The molecule has 0 unspecified atom stereocenters. The summed E-state index contributed by atoms with van der Waals surface area (Å²) in [5.41, 5.74) is 2.19. The van der Waals surface area contributed by atoms with E-state index in [1.807, 2.05) is 0 Å². The van der Waals surface area contributed by atoms with Gasteiger partial charge in [0.05, 0.1) is 10.7 Å². The summed E-state index contributed by atoms with van der Waals surface area (Å²) in [6.07, 6.45) is -0.634. The van der Waals surface area contributed by atoms with Crippen LogP contribution >= 0.6 is 11.6 Å². The smallest absolute Gasteiger partial charge is 0.426 e. The van der Waals surface area contributed by atoms with Gasteiger partial charge < -0.3 is 4.74 Å². The fourth-order valence-electron chi connectivity index (χ4n) is 1.24. The second-order valence-electron chi connectivity index (χ2n) is 4.77. The first kappa shape index (κ1) is 14.6. The molecule has 1 rings (SSSR count). The molecule has 0 aliphatic carbocycles. The number of hydrogen-bond acceptors (Lipinski definition) is 3. The van der Waals surface area contributed by atoms with Gasteiger partial charge in [-0.3, -0.25) is 5.01 Å². The van der Waals surface area contributed by atoms with Gasteiger partial charge in [0.15, 0.2) is 0 Å². The van der Waals surface area contributed by atoms with Crippen LogP contribution in [0.4, 0.5) is 14.9 Å². The van der Waals surface area contributed by atoms with E-state index in [1.54, 1.807) is 27.8 Å². The van der Waals surface area contributed by atoms with E-state index in [9.17, 15) is 9.18 Å². The van der Waals surface area contributed by atoms with Crippen LogP contribution in [0.5, 0.6) is 0 Å². The topological polar surface area (TPSA) is 41.6 Å². The Balaban J connectivity index is 2.73. The predicted molar refractivity (Wildman–Crippen MR) is 69.2 cm³/mol. The van der Waals surface area contributed by atoms with Crippen LogP contribution in [0.1, 0.15) is 20.8 Å². The van der Waals surface area contributed by atoms with Gasteiger partial charge in [0, 0.05) is 13.1 Å². The monoisotopic (exact) mass is 274 g/mol. The van der Waals surface area contributed by atoms with Crippen molar-refractivity contribution in [2.75, 3.05) is 12.1 Å². The first-order valence-electron chi connectivity index (χ1n) is 5.37. The third kappa shape index (κ3) is 4.41. The van der Waals surface area contributed by atoms with Crippen molar-refractivity contribution in [1.82, 2.24) is 5.43 Å². The first-order chi connectivity index (χ1) is 8.19. The molecule has 1 aromatic carbocycles. The van der Waals surface area contributed by atoms with Gasteiger partial charge >= 0.3 is 6.09 Å². The molecule has 1 aromatic rings. The Morgan fingerprint density at radius 1 is 1.44 bits per heavy atom. The molecule has 4 nitrogen and oxygen atoms in total. The van der Waals surface area contributed by atoms with Crippen LogP contribution in [-0.2, 0) is 4.74 Å². The Kier molecular flexibility index (Phi) is 4.40. The zero-order valence-corrected chi connectivity index (χ0v) is 11.5. The second kappa shape index (κ2) is 5.44. The van der Waals surface area contributed by atoms with E-state index in [1.165, 1.54) is 23.2 Å². The third-order valence-electron chi connectivity index (χ3n) is 1.93. The quantitative estimate of drug-likeness (QED) is 0.841. The van der Waals surface area contributed by atoms with Gasteiger partial charge in [0.1, 0.15) is 11.4 Å². The number of halogens is 2. The van der Waals surface area contributed by atoms with Crippen LogP contribution in [0.2, 0.25) is 5.02 Å². The summed E-state index contributed by atoms with van der Waals surface area (Å²) >= 11 is 5.91. The normalized spacial score (nSPS) is 11.0. The summed E-state index contributed by atoms with van der Waals surface area (Å²) in [4.78, 5) is 11.5. The van der Waals surface area contributed by atoms with Crippen molar-refractivity contribution in [1.29, 1.82) is 0 Å². The van der Waals surface area contributed by atoms with Crippen LogP contribution in [0.25, 0.3) is 0 Å². The maximum atomic E-state index is 13.1. The lowest BCUT2D eigenvalue weighted by Gasteiger charge is -2.25. The molecular formula is C12H16ClFN2O2. The Hall–Kier alpha value is -1.49. The number of anilines is 1. The van der Waals surface area contributed by atoms with Crippen molar-refractivity contribution in [3.05, 3.63) is 29.0 Å². The minimum absolute atomic E-state index is 0.329. The second-order valence-corrected chi connectivity index (χ2v) is 5.18. The molecule has 0 fully saturated rings. The minimum Gasteiger partial charge on any atom is -0.443 e. The van der Waals surface area contributed by atoms with Gasteiger partial charge in [-0.25, -0.2) is 14.6 Å². The highest BCUT2D eigenvalue weighted by atomic mass is 35.5. The Morgan fingerprint density at radius 2 is 2.06 bits per heavy atom. The van der Waals surface area contributed by atoms with Crippen LogP contribution in [0.15, 0.2) is 18.2 Å². The molecule has 0 atom stereocenters. The highest BCUT2D eigenvalue weighted by Gasteiger charge is 2.18. The Morgan fingerprint density at radius 3 is 2.61 bits per heavy atom. The minimum atomic E-state index is -0.634. The summed E-state index contributed by atoms with van der Waals surface area (Å²) in [7, 11) is 1.55. The van der Waals surface area contributed by atoms with Crippen LogP contribution in [0.3, 0.4) is 0 Å². The molecule has 0 heterocycles. The van der Waals surface area contributed by atoms with Gasteiger partial charge in [-0.1, -0.05) is 11.6 Å². The lowest BCUT2D eigenvalue weighted by atomic mass is 10.2. The number of hydrogen-bond donors (Lipinski definition) is 1. The standard InChI is InChI=1S/C12H16ClFN2O2/c1-12(2,3)18-11(17)15-16(4)10-7-8(14)5-6-9(10)13/h5-7H,1-4H3,(H,15,17). The van der Waals surface area contributed by atoms with Gasteiger partial charge in [-0.05, 0) is 32.9 Å². The van der Waals surface area contributed by atoms with E-state index in [4.69, 9.17) is 16.3 Å². The fraction of sp³-hybridized carbons (Fsp3) is 0.417. The van der Waals surface area contributed by atoms with Gasteiger partial charge in [0.2, 0.25) is 0 Å². The average molecular weight is 275 g/mol. The molecule has 0 aliphatic rings. The molecule has 100 valence electrons. The van der Waals surface area contributed by atoms with Crippen molar-refractivity contribution < 1.29 is 13.9 Å². The van der Waals surface area contributed by atoms with E-state index in [0.717, 1.165) is 0 Å². The molecule has 1 amide bonds. The molecule has 0 aromatic heterocycles. The number of nitrogens with one attached hydrogen (secondary N) is 1. The molecule has 0 saturated carbocycles. The van der Waals surface area contributed by atoms with Crippen LogP contribution in [0, 0.1) is 5.82 Å².